The lowest BCUT2D eigenvalue weighted by atomic mass is 10.1. The summed E-state index contributed by atoms with van der Waals surface area (Å²) >= 11 is 0. The van der Waals surface area contributed by atoms with Gasteiger partial charge in [0.15, 0.2) is 6.61 Å². The number of hydrogen-bond acceptors (Lipinski definition) is 4. The van der Waals surface area contributed by atoms with E-state index in [-0.39, 0.29) is 5.69 Å². The number of amides is 1. The van der Waals surface area contributed by atoms with Crippen LogP contribution < -0.4 is 5.32 Å². The van der Waals surface area contributed by atoms with Crippen molar-refractivity contribution >= 4 is 28.5 Å². The number of nitrogens with one attached hydrogen (secondary N) is 1. The van der Waals surface area contributed by atoms with Gasteiger partial charge in [0, 0.05) is 23.1 Å². The smallest absolute Gasteiger partial charge is 0.339 e. The molecule has 1 heterocycles. The molecule has 1 fully saturated rings. The van der Waals surface area contributed by atoms with Crippen LogP contribution in [-0.2, 0) is 9.53 Å². The van der Waals surface area contributed by atoms with Crippen molar-refractivity contribution in [3.63, 3.8) is 0 Å². The van der Waals surface area contributed by atoms with Gasteiger partial charge in [-0.2, -0.15) is 0 Å². The number of fused-ring (bicyclic) bond motifs is 1. The van der Waals surface area contributed by atoms with E-state index in [1.165, 1.54) is 0 Å². The van der Waals surface area contributed by atoms with Crippen molar-refractivity contribution in [1.29, 1.82) is 0 Å². The number of carbonyl (C=O) groups excluding carboxylic acids is 2. The average molecular weight is 382 g/mol. The van der Waals surface area contributed by atoms with Crippen molar-refractivity contribution in [3.8, 4) is 0 Å². The summed E-state index contributed by atoms with van der Waals surface area (Å²) in [5.74, 6) is -2.57. The Labute approximate surface area is 159 Å². The van der Waals surface area contributed by atoms with E-state index in [0.29, 0.717) is 22.4 Å². The maximum absolute atomic E-state index is 13.6. The minimum atomic E-state index is -0.782. The number of ether oxygens (including phenoxy) is 1. The van der Waals surface area contributed by atoms with Crippen LogP contribution >= 0.6 is 0 Å². The van der Waals surface area contributed by atoms with Crippen molar-refractivity contribution in [1.82, 2.24) is 4.98 Å². The minimum Gasteiger partial charge on any atom is -0.452 e. The molecule has 2 aromatic carbocycles. The minimum absolute atomic E-state index is 0.313. The third-order valence-electron chi connectivity index (χ3n) is 4.49. The second kappa shape index (κ2) is 7.34. The summed E-state index contributed by atoms with van der Waals surface area (Å²) in [6.45, 7) is -0.621. The molecule has 1 aromatic heterocycles. The number of carbonyl (C=O) groups is 2. The zero-order valence-corrected chi connectivity index (χ0v) is 14.7. The predicted molar refractivity (Wildman–Crippen MR) is 99.0 cm³/mol. The molecule has 4 rings (SSSR count). The zero-order valence-electron chi connectivity index (χ0n) is 14.7. The van der Waals surface area contributed by atoms with Crippen LogP contribution in [0.2, 0.25) is 0 Å². The molecule has 3 aromatic rings. The highest BCUT2D eigenvalue weighted by molar-refractivity contribution is 6.04. The van der Waals surface area contributed by atoms with Gasteiger partial charge in [-0.05, 0) is 37.1 Å². The van der Waals surface area contributed by atoms with Crippen molar-refractivity contribution in [3.05, 3.63) is 71.4 Å². The highest BCUT2D eigenvalue weighted by Gasteiger charge is 2.27. The molecular formula is C21H16F2N2O3. The number of anilines is 1. The molecule has 0 spiro atoms. The fourth-order valence-electron chi connectivity index (χ4n) is 2.94. The quantitative estimate of drug-likeness (QED) is 0.672. The normalized spacial score (nSPS) is 13.4. The van der Waals surface area contributed by atoms with Crippen molar-refractivity contribution in [2.75, 3.05) is 11.9 Å². The number of rotatable bonds is 5. The van der Waals surface area contributed by atoms with Gasteiger partial charge in [-0.25, -0.2) is 13.6 Å². The van der Waals surface area contributed by atoms with Crippen LogP contribution in [0.5, 0.6) is 0 Å². The molecule has 0 atom stereocenters. The van der Waals surface area contributed by atoms with Gasteiger partial charge < -0.3 is 10.1 Å². The summed E-state index contributed by atoms with van der Waals surface area (Å²) in [4.78, 5) is 29.1. The van der Waals surface area contributed by atoms with Crippen LogP contribution in [0.1, 0.15) is 34.8 Å². The van der Waals surface area contributed by atoms with Crippen LogP contribution in [-0.4, -0.2) is 23.5 Å². The first kappa shape index (κ1) is 18.0. The Balaban J connectivity index is 1.49. The number of esters is 1. The number of nitrogens with zero attached hydrogens (tertiary/aromatic N) is 1. The lowest BCUT2D eigenvalue weighted by molar-refractivity contribution is -0.119. The largest absolute Gasteiger partial charge is 0.452 e. The molecule has 1 aliphatic rings. The average Bonchev–Trinajstić information content (AvgIpc) is 3.53. The molecule has 0 bridgehead atoms. The Kier molecular flexibility index (Phi) is 4.73. The standard InChI is InChI=1S/C21H16F2N2O3/c22-13-7-8-16(23)19(9-13)25-20(26)11-28-21(27)15-10-18(12-5-6-12)24-17-4-2-1-3-14(15)17/h1-4,7-10,12H,5-6,11H2,(H,25,26). The van der Waals surface area contributed by atoms with Gasteiger partial charge in [0.05, 0.1) is 16.8 Å². The Morgan fingerprint density at radius 2 is 1.89 bits per heavy atom. The first-order chi connectivity index (χ1) is 13.5. The molecule has 1 aliphatic carbocycles. The molecule has 0 aliphatic heterocycles. The molecule has 0 radical (unpaired) electrons. The highest BCUT2D eigenvalue weighted by Crippen LogP contribution is 2.40. The molecule has 142 valence electrons. The van der Waals surface area contributed by atoms with E-state index in [0.717, 1.165) is 36.7 Å². The summed E-state index contributed by atoms with van der Waals surface area (Å²) in [5, 5.41) is 2.82. The van der Waals surface area contributed by atoms with Crippen LogP contribution in [0.25, 0.3) is 10.9 Å². The Hall–Kier alpha value is -3.35. The first-order valence-electron chi connectivity index (χ1n) is 8.83. The lowest BCUT2D eigenvalue weighted by Gasteiger charge is -2.10. The van der Waals surface area contributed by atoms with Gasteiger partial charge in [0.2, 0.25) is 0 Å². The summed E-state index contributed by atoms with van der Waals surface area (Å²) in [6.07, 6.45) is 2.06. The van der Waals surface area contributed by atoms with E-state index in [1.807, 2.05) is 12.1 Å². The second-order valence-corrected chi connectivity index (χ2v) is 6.63. The maximum atomic E-state index is 13.6. The molecule has 0 unspecified atom stereocenters. The van der Waals surface area contributed by atoms with Gasteiger partial charge in [0.25, 0.3) is 5.91 Å². The number of pyridine rings is 1. The second-order valence-electron chi connectivity index (χ2n) is 6.63. The predicted octanol–water partition coefficient (Wildman–Crippen LogP) is 4.19. The van der Waals surface area contributed by atoms with Gasteiger partial charge in [-0.1, -0.05) is 18.2 Å². The molecule has 5 nitrogen and oxygen atoms in total. The SMILES string of the molecule is O=C(COC(=O)c1cc(C2CC2)nc2ccccc12)Nc1cc(F)ccc1F. The highest BCUT2D eigenvalue weighted by atomic mass is 19.1. The Bertz CT molecular complexity index is 1080. The molecular weight excluding hydrogens is 366 g/mol. The topological polar surface area (TPSA) is 68.3 Å². The van der Waals surface area contributed by atoms with E-state index in [9.17, 15) is 18.4 Å². The first-order valence-corrected chi connectivity index (χ1v) is 8.83. The van der Waals surface area contributed by atoms with Crippen molar-refractivity contribution in [2.24, 2.45) is 0 Å². The van der Waals surface area contributed by atoms with Gasteiger partial charge >= 0.3 is 5.97 Å². The summed E-state index contributed by atoms with van der Waals surface area (Å²) < 4.78 is 31.9. The summed E-state index contributed by atoms with van der Waals surface area (Å²) in [7, 11) is 0. The van der Waals surface area contributed by atoms with E-state index in [4.69, 9.17) is 4.74 Å². The summed E-state index contributed by atoms with van der Waals surface area (Å²) in [6, 6.07) is 11.6. The molecule has 7 heteroatoms. The maximum Gasteiger partial charge on any atom is 0.339 e. The third kappa shape index (κ3) is 3.83. The number of halogens is 2. The molecule has 1 saturated carbocycles. The van der Waals surface area contributed by atoms with Crippen LogP contribution in [0.3, 0.4) is 0 Å². The Morgan fingerprint density at radius 1 is 1.11 bits per heavy atom. The summed E-state index contributed by atoms with van der Waals surface area (Å²) in [5.41, 5.74) is 1.53. The van der Waals surface area contributed by atoms with E-state index in [1.54, 1.807) is 18.2 Å². The van der Waals surface area contributed by atoms with Gasteiger partial charge in [-0.15, -0.1) is 0 Å². The fourth-order valence-corrected chi connectivity index (χ4v) is 2.94. The molecule has 1 amide bonds. The van der Waals surface area contributed by atoms with Crippen molar-refractivity contribution in [2.45, 2.75) is 18.8 Å². The number of aromatic nitrogens is 1. The van der Waals surface area contributed by atoms with E-state index in [2.05, 4.69) is 10.3 Å². The fraction of sp³-hybridized carbons (Fsp3) is 0.190. The Morgan fingerprint density at radius 3 is 2.68 bits per heavy atom. The van der Waals surface area contributed by atoms with E-state index >= 15 is 0 Å². The zero-order chi connectivity index (χ0) is 19.7. The van der Waals surface area contributed by atoms with Crippen LogP contribution in [0.4, 0.5) is 14.5 Å². The van der Waals surface area contributed by atoms with Gasteiger partial charge in [0.1, 0.15) is 11.6 Å². The van der Waals surface area contributed by atoms with E-state index < -0.39 is 30.1 Å². The van der Waals surface area contributed by atoms with Crippen LogP contribution in [0, 0.1) is 11.6 Å². The van der Waals surface area contributed by atoms with Crippen molar-refractivity contribution < 1.29 is 23.1 Å². The number of benzene rings is 2. The van der Waals surface area contributed by atoms with Gasteiger partial charge in [-0.3, -0.25) is 9.78 Å². The molecule has 28 heavy (non-hydrogen) atoms. The molecule has 1 N–H and O–H groups in total. The lowest BCUT2D eigenvalue weighted by Crippen LogP contribution is -2.21. The third-order valence-corrected chi connectivity index (χ3v) is 4.49. The van der Waals surface area contributed by atoms with Crippen LogP contribution in [0.15, 0.2) is 48.5 Å². The number of para-hydroxylation sites is 1. The monoisotopic (exact) mass is 382 g/mol. The number of hydrogen-bond donors (Lipinski definition) is 1. The molecule has 0 saturated heterocycles.